The summed E-state index contributed by atoms with van der Waals surface area (Å²) in [7, 11) is 1.80. The molecule has 1 aliphatic heterocycles. The Hall–Kier alpha value is -1.87. The molecule has 0 atom stereocenters. The van der Waals surface area contributed by atoms with Crippen molar-refractivity contribution in [2.75, 3.05) is 20.1 Å². The fraction of sp³-hybridized carbons (Fsp3) is 0.722. The van der Waals surface area contributed by atoms with Gasteiger partial charge in [-0.25, -0.2) is 4.98 Å². The van der Waals surface area contributed by atoms with E-state index >= 15 is 0 Å². The Labute approximate surface area is 144 Å². The number of nitrogens with zero attached hydrogens (tertiary/aromatic N) is 5. The highest BCUT2D eigenvalue weighted by molar-refractivity contribution is 5.79. The fourth-order valence-electron chi connectivity index (χ4n) is 3.99. The van der Waals surface area contributed by atoms with Gasteiger partial charge in [0.15, 0.2) is 0 Å². The van der Waals surface area contributed by atoms with Crippen LogP contribution in [0.25, 0.3) is 0 Å². The summed E-state index contributed by atoms with van der Waals surface area (Å²) >= 11 is 0. The van der Waals surface area contributed by atoms with E-state index in [-0.39, 0.29) is 5.91 Å². The number of amides is 1. The van der Waals surface area contributed by atoms with Crippen LogP contribution in [-0.4, -0.2) is 50.9 Å². The topological polar surface area (TPSA) is 65.2 Å². The average Bonchev–Trinajstić information content (AvgIpc) is 2.88. The lowest BCUT2D eigenvalue weighted by molar-refractivity contribution is -0.136. The van der Waals surface area contributed by atoms with E-state index in [2.05, 4.69) is 27.4 Å². The van der Waals surface area contributed by atoms with Crippen molar-refractivity contribution in [1.82, 2.24) is 19.4 Å². The summed E-state index contributed by atoms with van der Waals surface area (Å²) in [5.74, 6) is 1.09. The lowest BCUT2D eigenvalue weighted by Gasteiger charge is -2.40. The maximum Gasteiger partial charge on any atom is 0.237 e. The van der Waals surface area contributed by atoms with Gasteiger partial charge < -0.3 is 9.47 Å². The third kappa shape index (κ3) is 2.93. The molecule has 6 heteroatoms. The van der Waals surface area contributed by atoms with Crippen LogP contribution < -0.4 is 0 Å². The first-order valence-corrected chi connectivity index (χ1v) is 8.90. The number of aromatic nitrogens is 2. The Balaban J connectivity index is 1.66. The van der Waals surface area contributed by atoms with Crippen LogP contribution in [-0.2, 0) is 17.9 Å². The highest BCUT2D eigenvalue weighted by Gasteiger charge is 2.39. The normalized spacial score (nSPS) is 20.2. The second-order valence-electron chi connectivity index (χ2n) is 7.22. The molecule has 130 valence electrons. The zero-order chi connectivity index (χ0) is 17.3. The molecule has 1 aliphatic carbocycles. The van der Waals surface area contributed by atoms with Crippen molar-refractivity contribution < 1.29 is 4.79 Å². The number of imidazole rings is 1. The highest BCUT2D eigenvalue weighted by Crippen LogP contribution is 2.32. The zero-order valence-electron chi connectivity index (χ0n) is 15.0. The van der Waals surface area contributed by atoms with E-state index < -0.39 is 5.54 Å². The molecule has 0 spiro atoms. The van der Waals surface area contributed by atoms with Gasteiger partial charge in [0.2, 0.25) is 5.91 Å². The summed E-state index contributed by atoms with van der Waals surface area (Å²) in [4.78, 5) is 21.2. The Kier molecular flexibility index (Phi) is 4.64. The number of rotatable bonds is 3. The maximum absolute atomic E-state index is 12.8. The quantitative estimate of drug-likeness (QED) is 0.851. The van der Waals surface area contributed by atoms with E-state index in [4.69, 9.17) is 0 Å². The Morgan fingerprint density at radius 1 is 1.29 bits per heavy atom. The van der Waals surface area contributed by atoms with Crippen LogP contribution in [0.3, 0.4) is 0 Å². The molecule has 1 aromatic heterocycles. The fourth-order valence-corrected chi connectivity index (χ4v) is 3.99. The molecule has 0 saturated heterocycles. The number of likely N-dealkylation sites (N-methyl/N-ethyl adjacent to an activating group) is 1. The SMILES string of the molecule is Cc1nc2n(c1C)CCN(CC(=O)N(C)C1(C#N)CCCCC1)C2. The van der Waals surface area contributed by atoms with Gasteiger partial charge in [0.05, 0.1) is 24.9 Å². The predicted octanol–water partition coefficient (Wildman–Crippen LogP) is 2.00. The molecule has 24 heavy (non-hydrogen) atoms. The summed E-state index contributed by atoms with van der Waals surface area (Å²) < 4.78 is 2.25. The van der Waals surface area contributed by atoms with Crippen molar-refractivity contribution in [2.45, 2.75) is 64.6 Å². The first-order valence-electron chi connectivity index (χ1n) is 8.90. The molecule has 1 aromatic rings. The van der Waals surface area contributed by atoms with Gasteiger partial charge in [-0.15, -0.1) is 0 Å². The van der Waals surface area contributed by atoms with Gasteiger partial charge in [0.25, 0.3) is 0 Å². The van der Waals surface area contributed by atoms with Crippen LogP contribution in [0.1, 0.15) is 49.3 Å². The first-order chi connectivity index (χ1) is 11.5. The molecule has 2 heterocycles. The van der Waals surface area contributed by atoms with E-state index in [0.717, 1.165) is 50.3 Å². The van der Waals surface area contributed by atoms with Gasteiger partial charge in [0.1, 0.15) is 11.4 Å². The molecule has 6 nitrogen and oxygen atoms in total. The third-order valence-electron chi connectivity index (χ3n) is 5.81. The molecule has 3 rings (SSSR count). The highest BCUT2D eigenvalue weighted by atomic mass is 16.2. The number of hydrogen-bond donors (Lipinski definition) is 0. The number of nitriles is 1. The minimum Gasteiger partial charge on any atom is -0.330 e. The van der Waals surface area contributed by atoms with Gasteiger partial charge in [-0.1, -0.05) is 19.3 Å². The lowest BCUT2D eigenvalue weighted by atomic mass is 9.81. The van der Waals surface area contributed by atoms with Crippen molar-refractivity contribution in [1.29, 1.82) is 5.26 Å². The van der Waals surface area contributed by atoms with Crippen LogP contribution in [0, 0.1) is 25.2 Å². The Morgan fingerprint density at radius 2 is 2.00 bits per heavy atom. The van der Waals surface area contributed by atoms with Crippen molar-refractivity contribution in [3.8, 4) is 6.07 Å². The second kappa shape index (κ2) is 6.56. The Morgan fingerprint density at radius 3 is 2.67 bits per heavy atom. The van der Waals surface area contributed by atoms with Gasteiger partial charge >= 0.3 is 0 Å². The standard InChI is InChI=1S/C18H27N5O/c1-14-15(2)23-10-9-22(11-16(23)20-14)12-17(24)21(3)18(13-19)7-5-4-6-8-18/h4-12H2,1-3H3. The van der Waals surface area contributed by atoms with Crippen LogP contribution in [0.4, 0.5) is 0 Å². The van der Waals surface area contributed by atoms with Crippen molar-refractivity contribution in [3.05, 3.63) is 17.2 Å². The van der Waals surface area contributed by atoms with Crippen molar-refractivity contribution in [2.24, 2.45) is 0 Å². The predicted molar refractivity (Wildman–Crippen MR) is 91.2 cm³/mol. The number of carbonyl (C=O) groups excluding carboxylic acids is 1. The number of carbonyl (C=O) groups is 1. The second-order valence-corrected chi connectivity index (χ2v) is 7.22. The number of fused-ring (bicyclic) bond motifs is 1. The molecular formula is C18H27N5O. The van der Waals surface area contributed by atoms with E-state index in [9.17, 15) is 10.1 Å². The van der Waals surface area contributed by atoms with Crippen LogP contribution >= 0.6 is 0 Å². The zero-order valence-corrected chi connectivity index (χ0v) is 15.0. The summed E-state index contributed by atoms with van der Waals surface area (Å²) in [6.45, 7) is 6.92. The van der Waals surface area contributed by atoms with Gasteiger partial charge in [-0.05, 0) is 26.7 Å². The summed E-state index contributed by atoms with van der Waals surface area (Å²) in [6, 6.07) is 2.43. The van der Waals surface area contributed by atoms with E-state index in [1.165, 1.54) is 12.1 Å². The van der Waals surface area contributed by atoms with Crippen molar-refractivity contribution >= 4 is 5.91 Å². The average molecular weight is 329 g/mol. The van der Waals surface area contributed by atoms with E-state index in [0.29, 0.717) is 13.1 Å². The molecule has 0 bridgehead atoms. The molecule has 2 aliphatic rings. The summed E-state index contributed by atoms with van der Waals surface area (Å²) in [6.07, 6.45) is 4.83. The molecular weight excluding hydrogens is 302 g/mol. The molecule has 0 N–H and O–H groups in total. The third-order valence-corrected chi connectivity index (χ3v) is 5.81. The number of aryl methyl sites for hydroxylation is 1. The largest absolute Gasteiger partial charge is 0.330 e. The minimum absolute atomic E-state index is 0.0481. The van der Waals surface area contributed by atoms with Crippen LogP contribution in [0.5, 0.6) is 0 Å². The van der Waals surface area contributed by atoms with Gasteiger partial charge in [0, 0.05) is 25.8 Å². The molecule has 1 amide bonds. The van der Waals surface area contributed by atoms with Gasteiger partial charge in [-0.2, -0.15) is 5.26 Å². The lowest BCUT2D eigenvalue weighted by Crippen LogP contribution is -2.53. The Bertz CT molecular complexity index is 666. The molecule has 1 fully saturated rings. The molecule has 0 aromatic carbocycles. The van der Waals surface area contributed by atoms with E-state index in [1.807, 2.05) is 6.92 Å². The number of hydrogen-bond acceptors (Lipinski definition) is 4. The molecule has 1 saturated carbocycles. The minimum atomic E-state index is -0.600. The first kappa shape index (κ1) is 17.0. The smallest absolute Gasteiger partial charge is 0.237 e. The van der Waals surface area contributed by atoms with Crippen molar-refractivity contribution in [3.63, 3.8) is 0 Å². The van der Waals surface area contributed by atoms with Gasteiger partial charge in [-0.3, -0.25) is 9.69 Å². The summed E-state index contributed by atoms with van der Waals surface area (Å²) in [5.41, 5.74) is 1.69. The monoisotopic (exact) mass is 329 g/mol. The molecule has 0 unspecified atom stereocenters. The maximum atomic E-state index is 12.8. The van der Waals surface area contributed by atoms with Crippen LogP contribution in [0.15, 0.2) is 0 Å². The summed E-state index contributed by atoms with van der Waals surface area (Å²) in [5, 5.41) is 9.66. The van der Waals surface area contributed by atoms with Crippen LogP contribution in [0.2, 0.25) is 0 Å². The van der Waals surface area contributed by atoms with E-state index in [1.54, 1.807) is 11.9 Å². The molecule has 0 radical (unpaired) electrons.